The third-order valence-corrected chi connectivity index (χ3v) is 5.35. The average molecular weight is 377 g/mol. The molecule has 6 heteroatoms. The van der Waals surface area contributed by atoms with Gasteiger partial charge in [0.2, 0.25) is 0 Å². The number of hydrogen-bond acceptors (Lipinski definition) is 1. The van der Waals surface area contributed by atoms with E-state index in [4.69, 9.17) is 0 Å². The van der Waals surface area contributed by atoms with E-state index in [-0.39, 0.29) is 5.56 Å². The van der Waals surface area contributed by atoms with Crippen molar-refractivity contribution in [2.45, 2.75) is 103 Å². The molecule has 0 aromatic carbocycles. The first kappa shape index (κ1) is 22.8. The Hall–Kier alpha value is -1.20. The molecule has 3 nitrogen and oxygen atoms in total. The molecule has 0 amide bonds. The van der Waals surface area contributed by atoms with Crippen LogP contribution in [0.4, 0.5) is 13.2 Å². The van der Waals surface area contributed by atoms with Gasteiger partial charge < -0.3 is 0 Å². The van der Waals surface area contributed by atoms with Gasteiger partial charge in [-0.25, -0.2) is 0 Å². The molecule has 1 N–H and O–H groups in total. The lowest BCUT2D eigenvalue weighted by Gasteiger charge is -2.30. The predicted molar refractivity (Wildman–Crippen MR) is 101 cm³/mol. The molecule has 0 aliphatic carbocycles. The number of alkyl halides is 3. The van der Waals surface area contributed by atoms with Crippen LogP contribution in [-0.4, -0.2) is 9.78 Å². The first-order valence-corrected chi connectivity index (χ1v) is 10.0. The molecule has 0 saturated carbocycles. The van der Waals surface area contributed by atoms with Gasteiger partial charge >= 0.3 is 6.18 Å². The van der Waals surface area contributed by atoms with E-state index in [9.17, 15) is 18.0 Å². The van der Waals surface area contributed by atoms with Crippen LogP contribution in [0.2, 0.25) is 0 Å². The highest BCUT2D eigenvalue weighted by Gasteiger charge is 2.43. The number of aromatic amines is 1. The molecule has 26 heavy (non-hydrogen) atoms. The van der Waals surface area contributed by atoms with Crippen molar-refractivity contribution in [1.29, 1.82) is 0 Å². The zero-order valence-corrected chi connectivity index (χ0v) is 16.8. The summed E-state index contributed by atoms with van der Waals surface area (Å²) in [5.41, 5.74) is -2.21. The summed E-state index contributed by atoms with van der Waals surface area (Å²) in [5.74, 6) is 0. The van der Waals surface area contributed by atoms with Crippen LogP contribution in [-0.2, 0) is 18.6 Å². The van der Waals surface area contributed by atoms with E-state index in [2.05, 4.69) is 18.9 Å². The zero-order valence-electron chi connectivity index (χ0n) is 16.8. The molecule has 0 saturated heterocycles. The van der Waals surface area contributed by atoms with Crippen LogP contribution < -0.4 is 5.56 Å². The predicted octanol–water partition coefficient (Wildman–Crippen LogP) is 6.32. The maximum Gasteiger partial charge on any atom is 0.433 e. The van der Waals surface area contributed by atoms with E-state index < -0.39 is 22.8 Å². The number of halogens is 3. The van der Waals surface area contributed by atoms with Crippen LogP contribution in [0.1, 0.15) is 103 Å². The minimum absolute atomic E-state index is 0.0699. The highest BCUT2D eigenvalue weighted by molar-refractivity contribution is 5.29. The van der Waals surface area contributed by atoms with Gasteiger partial charge in [-0.2, -0.15) is 13.2 Å². The highest BCUT2D eigenvalue weighted by atomic mass is 19.4. The second kappa shape index (κ2) is 10.2. The van der Waals surface area contributed by atoms with Crippen LogP contribution >= 0.6 is 0 Å². The Morgan fingerprint density at radius 3 is 1.81 bits per heavy atom. The fourth-order valence-corrected chi connectivity index (χ4v) is 3.75. The van der Waals surface area contributed by atoms with Crippen molar-refractivity contribution in [3.8, 4) is 0 Å². The Morgan fingerprint density at radius 2 is 1.35 bits per heavy atom. The van der Waals surface area contributed by atoms with Crippen molar-refractivity contribution >= 4 is 0 Å². The number of aryl methyl sites for hydroxylation is 1. The van der Waals surface area contributed by atoms with Crippen molar-refractivity contribution in [2.75, 3.05) is 0 Å². The molecular formula is C20H35F3N2O. The topological polar surface area (TPSA) is 37.8 Å². The van der Waals surface area contributed by atoms with E-state index in [1.165, 1.54) is 7.05 Å². The second-order valence-corrected chi connectivity index (χ2v) is 7.76. The number of nitrogens with one attached hydrogen (secondary N) is 1. The summed E-state index contributed by atoms with van der Waals surface area (Å²) in [7, 11) is 1.36. The summed E-state index contributed by atoms with van der Waals surface area (Å²) in [6.07, 6.45) is 5.94. The van der Waals surface area contributed by atoms with Crippen LogP contribution in [0.5, 0.6) is 0 Å². The van der Waals surface area contributed by atoms with E-state index in [1.807, 2.05) is 6.92 Å². The molecule has 0 fully saturated rings. The average Bonchev–Trinajstić information content (AvgIpc) is 2.88. The summed E-state index contributed by atoms with van der Waals surface area (Å²) in [6, 6.07) is 0. The van der Waals surface area contributed by atoms with Crippen LogP contribution in [0, 0.1) is 0 Å². The van der Waals surface area contributed by atoms with E-state index in [0.29, 0.717) is 12.8 Å². The maximum atomic E-state index is 13.5. The summed E-state index contributed by atoms with van der Waals surface area (Å²) >= 11 is 0. The Balaban J connectivity index is 3.09. The lowest BCUT2D eigenvalue weighted by molar-refractivity contribution is -0.142. The fourth-order valence-electron chi connectivity index (χ4n) is 3.75. The fraction of sp³-hybridized carbons (Fsp3) is 0.850. The zero-order chi connectivity index (χ0) is 19.8. The molecule has 0 radical (unpaired) electrons. The van der Waals surface area contributed by atoms with Crippen LogP contribution in [0.25, 0.3) is 0 Å². The van der Waals surface area contributed by atoms with Crippen molar-refractivity contribution in [1.82, 2.24) is 9.78 Å². The minimum Gasteiger partial charge on any atom is -0.291 e. The molecule has 0 spiro atoms. The second-order valence-electron chi connectivity index (χ2n) is 7.76. The molecule has 1 rings (SSSR count). The lowest BCUT2D eigenvalue weighted by atomic mass is 9.74. The summed E-state index contributed by atoms with van der Waals surface area (Å²) in [5, 5.41) is 2.25. The molecular weight excluding hydrogens is 341 g/mol. The number of aromatic nitrogens is 2. The first-order chi connectivity index (χ1) is 12.2. The van der Waals surface area contributed by atoms with Crippen LogP contribution in [0.3, 0.4) is 0 Å². The Bertz CT molecular complexity index is 589. The van der Waals surface area contributed by atoms with Gasteiger partial charge in [0.25, 0.3) is 5.56 Å². The Labute approximate surface area is 155 Å². The van der Waals surface area contributed by atoms with Gasteiger partial charge in [0.1, 0.15) is 5.69 Å². The van der Waals surface area contributed by atoms with Gasteiger partial charge in [-0.1, -0.05) is 78.6 Å². The molecule has 0 aliphatic rings. The van der Waals surface area contributed by atoms with Crippen molar-refractivity contribution in [3.05, 3.63) is 21.6 Å². The molecule has 152 valence electrons. The first-order valence-electron chi connectivity index (χ1n) is 10.0. The molecule has 0 aliphatic heterocycles. The molecule has 0 bridgehead atoms. The van der Waals surface area contributed by atoms with Gasteiger partial charge in [0.15, 0.2) is 0 Å². The molecule has 1 atom stereocenters. The largest absolute Gasteiger partial charge is 0.433 e. The lowest BCUT2D eigenvalue weighted by Crippen LogP contribution is -2.32. The SMILES string of the molecule is CCCCCCCC(C)(CCCCCC)c1c(C(F)(F)F)[nH]n(C)c1=O. The summed E-state index contributed by atoms with van der Waals surface area (Å²) in [6.45, 7) is 6.09. The number of unbranched alkanes of at least 4 members (excludes halogenated alkanes) is 7. The number of hydrogen-bond donors (Lipinski definition) is 1. The standard InChI is InChI=1S/C20H35F3N2O/c1-5-7-9-11-13-15-19(3,14-12-10-8-6-2)16-17(20(21,22)23)24-25(4)18(16)26/h24H,5-15H2,1-4H3. The van der Waals surface area contributed by atoms with Gasteiger partial charge in [0.05, 0.1) is 5.56 Å². The highest BCUT2D eigenvalue weighted by Crippen LogP contribution is 2.40. The number of nitrogens with zero attached hydrogens (tertiary/aromatic N) is 1. The third kappa shape index (κ3) is 6.20. The molecule has 1 heterocycles. The molecule has 1 aromatic heterocycles. The van der Waals surface area contributed by atoms with Crippen LogP contribution in [0.15, 0.2) is 4.79 Å². The maximum absolute atomic E-state index is 13.5. The monoisotopic (exact) mass is 376 g/mol. The third-order valence-electron chi connectivity index (χ3n) is 5.35. The van der Waals surface area contributed by atoms with E-state index in [1.54, 1.807) is 0 Å². The van der Waals surface area contributed by atoms with Crippen molar-refractivity contribution < 1.29 is 13.2 Å². The van der Waals surface area contributed by atoms with Gasteiger partial charge in [-0.15, -0.1) is 0 Å². The van der Waals surface area contributed by atoms with Crippen molar-refractivity contribution in [2.24, 2.45) is 7.05 Å². The Morgan fingerprint density at radius 1 is 0.885 bits per heavy atom. The smallest absolute Gasteiger partial charge is 0.291 e. The molecule has 1 unspecified atom stereocenters. The van der Waals surface area contributed by atoms with Gasteiger partial charge in [-0.3, -0.25) is 14.6 Å². The van der Waals surface area contributed by atoms with E-state index >= 15 is 0 Å². The summed E-state index contributed by atoms with van der Waals surface area (Å²) < 4.78 is 41.5. The normalized spacial score (nSPS) is 14.6. The minimum atomic E-state index is -4.54. The Kier molecular flexibility index (Phi) is 8.97. The van der Waals surface area contributed by atoms with Crippen molar-refractivity contribution in [3.63, 3.8) is 0 Å². The number of rotatable bonds is 12. The van der Waals surface area contributed by atoms with E-state index in [0.717, 1.165) is 62.5 Å². The number of H-pyrrole nitrogens is 1. The van der Waals surface area contributed by atoms with Gasteiger partial charge in [-0.05, 0) is 12.8 Å². The summed E-state index contributed by atoms with van der Waals surface area (Å²) in [4.78, 5) is 12.5. The quantitative estimate of drug-likeness (QED) is 0.426. The molecule has 1 aromatic rings. The van der Waals surface area contributed by atoms with Gasteiger partial charge in [0, 0.05) is 12.5 Å².